The van der Waals surface area contributed by atoms with E-state index in [0.717, 1.165) is 18.4 Å². The van der Waals surface area contributed by atoms with Crippen molar-refractivity contribution in [1.82, 2.24) is 5.32 Å². The molecule has 0 saturated heterocycles. The van der Waals surface area contributed by atoms with Crippen molar-refractivity contribution in [3.63, 3.8) is 0 Å². The molecule has 1 saturated carbocycles. The molecule has 0 unspecified atom stereocenters. The molecule has 0 bridgehead atoms. The molecular formula is C20H24N2O2S. The van der Waals surface area contributed by atoms with E-state index in [0.29, 0.717) is 12.2 Å². The molecular weight excluding hydrogens is 332 g/mol. The molecule has 132 valence electrons. The van der Waals surface area contributed by atoms with Crippen LogP contribution in [0.1, 0.15) is 42.5 Å². The number of thiophene rings is 1. The van der Waals surface area contributed by atoms with Gasteiger partial charge in [-0.3, -0.25) is 9.59 Å². The van der Waals surface area contributed by atoms with Gasteiger partial charge in [-0.05, 0) is 48.9 Å². The van der Waals surface area contributed by atoms with E-state index in [-0.39, 0.29) is 5.41 Å². The highest BCUT2D eigenvalue weighted by atomic mass is 32.1. The van der Waals surface area contributed by atoms with E-state index in [1.165, 1.54) is 24.1 Å². The average molecular weight is 356 g/mol. The van der Waals surface area contributed by atoms with Gasteiger partial charge in [-0.1, -0.05) is 37.5 Å². The number of anilines is 1. The first-order chi connectivity index (χ1) is 12.1. The fourth-order valence-electron chi connectivity index (χ4n) is 3.56. The SMILES string of the molecule is Cc1cccc(NC(=O)C(=O)NCC2(c3cccs3)CCCCC2)c1. The van der Waals surface area contributed by atoms with E-state index in [1.807, 2.05) is 25.1 Å². The monoisotopic (exact) mass is 356 g/mol. The maximum Gasteiger partial charge on any atom is 0.313 e. The Kier molecular flexibility index (Phi) is 5.53. The number of hydrogen-bond donors (Lipinski definition) is 2. The maximum atomic E-state index is 12.3. The summed E-state index contributed by atoms with van der Waals surface area (Å²) in [4.78, 5) is 25.7. The molecule has 5 heteroatoms. The largest absolute Gasteiger partial charge is 0.347 e. The highest BCUT2D eigenvalue weighted by Crippen LogP contribution is 2.41. The number of benzene rings is 1. The van der Waals surface area contributed by atoms with Gasteiger partial charge in [0.2, 0.25) is 0 Å². The molecule has 4 nitrogen and oxygen atoms in total. The Labute approximate surface area is 152 Å². The Bertz CT molecular complexity index is 734. The second kappa shape index (κ2) is 7.83. The van der Waals surface area contributed by atoms with Gasteiger partial charge in [0.15, 0.2) is 0 Å². The van der Waals surface area contributed by atoms with Gasteiger partial charge in [0, 0.05) is 22.5 Å². The molecule has 1 aliphatic carbocycles. The van der Waals surface area contributed by atoms with Crippen LogP contribution in [0.25, 0.3) is 0 Å². The van der Waals surface area contributed by atoms with Gasteiger partial charge in [0.25, 0.3) is 0 Å². The summed E-state index contributed by atoms with van der Waals surface area (Å²) in [7, 11) is 0. The summed E-state index contributed by atoms with van der Waals surface area (Å²) in [5, 5.41) is 7.62. The lowest BCUT2D eigenvalue weighted by atomic mass is 9.73. The van der Waals surface area contributed by atoms with E-state index < -0.39 is 11.8 Å². The number of hydrogen-bond acceptors (Lipinski definition) is 3. The predicted molar refractivity (Wildman–Crippen MR) is 102 cm³/mol. The number of amides is 2. The molecule has 1 aliphatic rings. The van der Waals surface area contributed by atoms with Crippen LogP contribution in [-0.2, 0) is 15.0 Å². The lowest BCUT2D eigenvalue weighted by molar-refractivity contribution is -0.136. The van der Waals surface area contributed by atoms with Crippen molar-refractivity contribution in [3.8, 4) is 0 Å². The Hall–Kier alpha value is -2.14. The van der Waals surface area contributed by atoms with E-state index in [1.54, 1.807) is 17.4 Å². The van der Waals surface area contributed by atoms with Crippen LogP contribution in [0, 0.1) is 6.92 Å². The number of nitrogens with one attached hydrogen (secondary N) is 2. The van der Waals surface area contributed by atoms with Gasteiger partial charge in [-0.2, -0.15) is 0 Å². The van der Waals surface area contributed by atoms with Crippen molar-refractivity contribution >= 4 is 28.8 Å². The molecule has 0 aliphatic heterocycles. The highest BCUT2D eigenvalue weighted by molar-refractivity contribution is 7.10. The summed E-state index contributed by atoms with van der Waals surface area (Å²) in [6.45, 7) is 2.47. The Morgan fingerprint density at radius 3 is 2.56 bits per heavy atom. The van der Waals surface area contributed by atoms with Crippen molar-refractivity contribution in [2.24, 2.45) is 0 Å². The molecule has 3 rings (SSSR count). The molecule has 2 N–H and O–H groups in total. The van der Waals surface area contributed by atoms with Gasteiger partial charge in [-0.25, -0.2) is 0 Å². The van der Waals surface area contributed by atoms with Crippen LogP contribution < -0.4 is 10.6 Å². The molecule has 0 atom stereocenters. The second-order valence-electron chi connectivity index (χ2n) is 6.82. The molecule has 1 aromatic carbocycles. The van der Waals surface area contributed by atoms with Gasteiger partial charge in [0.05, 0.1) is 0 Å². The third-order valence-corrected chi connectivity index (χ3v) is 6.04. The minimum Gasteiger partial charge on any atom is -0.347 e. The third kappa shape index (κ3) is 4.28. The van der Waals surface area contributed by atoms with Crippen LogP contribution in [0.3, 0.4) is 0 Å². The van der Waals surface area contributed by atoms with Gasteiger partial charge in [0.1, 0.15) is 0 Å². The first kappa shape index (κ1) is 17.7. The van der Waals surface area contributed by atoms with E-state index in [2.05, 4.69) is 28.1 Å². The Morgan fingerprint density at radius 1 is 1.08 bits per heavy atom. The topological polar surface area (TPSA) is 58.2 Å². The second-order valence-corrected chi connectivity index (χ2v) is 7.77. The highest BCUT2D eigenvalue weighted by Gasteiger charge is 2.35. The zero-order chi connectivity index (χ0) is 17.7. The van der Waals surface area contributed by atoms with Gasteiger partial charge < -0.3 is 10.6 Å². The first-order valence-corrected chi connectivity index (χ1v) is 9.67. The molecule has 0 spiro atoms. The van der Waals surface area contributed by atoms with Crippen molar-refractivity contribution in [3.05, 3.63) is 52.2 Å². The summed E-state index contributed by atoms with van der Waals surface area (Å²) in [6, 6.07) is 11.6. The van der Waals surface area contributed by atoms with Crippen LogP contribution >= 0.6 is 11.3 Å². The summed E-state index contributed by atoms with van der Waals surface area (Å²) in [6.07, 6.45) is 5.71. The number of carbonyl (C=O) groups is 2. The fraction of sp³-hybridized carbons (Fsp3) is 0.400. The van der Waals surface area contributed by atoms with Crippen molar-refractivity contribution in [1.29, 1.82) is 0 Å². The summed E-state index contributed by atoms with van der Waals surface area (Å²) in [5.74, 6) is -1.18. The Balaban J connectivity index is 1.62. The lowest BCUT2D eigenvalue weighted by Gasteiger charge is -2.36. The normalized spacial score (nSPS) is 16.2. The summed E-state index contributed by atoms with van der Waals surface area (Å²) in [5.41, 5.74) is 1.66. The maximum absolute atomic E-state index is 12.3. The first-order valence-electron chi connectivity index (χ1n) is 8.79. The minimum atomic E-state index is -0.609. The van der Waals surface area contributed by atoms with Crippen LogP contribution in [0.15, 0.2) is 41.8 Å². The standard InChI is InChI=1S/C20H24N2O2S/c1-15-7-5-8-16(13-15)22-19(24)18(23)21-14-20(10-3-2-4-11-20)17-9-6-12-25-17/h5-9,12-13H,2-4,10-11,14H2,1H3,(H,21,23)(H,22,24). The van der Waals surface area contributed by atoms with E-state index in [4.69, 9.17) is 0 Å². The number of aryl methyl sites for hydroxylation is 1. The molecule has 25 heavy (non-hydrogen) atoms. The van der Waals surface area contributed by atoms with E-state index >= 15 is 0 Å². The van der Waals surface area contributed by atoms with Crippen LogP contribution in [0.4, 0.5) is 5.69 Å². The zero-order valence-corrected chi connectivity index (χ0v) is 15.3. The number of rotatable bonds is 4. The van der Waals surface area contributed by atoms with E-state index in [9.17, 15) is 9.59 Å². The summed E-state index contributed by atoms with van der Waals surface area (Å²) < 4.78 is 0. The Morgan fingerprint density at radius 2 is 1.88 bits per heavy atom. The van der Waals surface area contributed by atoms with Crippen LogP contribution in [0.5, 0.6) is 0 Å². The lowest BCUT2D eigenvalue weighted by Crippen LogP contribution is -2.45. The summed E-state index contributed by atoms with van der Waals surface area (Å²) >= 11 is 1.74. The smallest absolute Gasteiger partial charge is 0.313 e. The zero-order valence-electron chi connectivity index (χ0n) is 14.5. The molecule has 2 amide bonds. The molecule has 1 aromatic heterocycles. The van der Waals surface area contributed by atoms with Crippen molar-refractivity contribution in [2.45, 2.75) is 44.4 Å². The van der Waals surface area contributed by atoms with Crippen molar-refractivity contribution < 1.29 is 9.59 Å². The predicted octanol–water partition coefficient (Wildman–Crippen LogP) is 4.01. The fourth-order valence-corrected chi connectivity index (χ4v) is 4.55. The quantitative estimate of drug-likeness (QED) is 0.813. The molecule has 0 radical (unpaired) electrons. The van der Waals surface area contributed by atoms with Crippen LogP contribution in [0.2, 0.25) is 0 Å². The van der Waals surface area contributed by atoms with Crippen molar-refractivity contribution in [2.75, 3.05) is 11.9 Å². The third-order valence-electron chi connectivity index (χ3n) is 4.92. The minimum absolute atomic E-state index is 0.0221. The van der Waals surface area contributed by atoms with Gasteiger partial charge >= 0.3 is 11.8 Å². The average Bonchev–Trinajstić information content (AvgIpc) is 3.16. The molecule has 1 fully saturated rings. The van der Waals surface area contributed by atoms with Crippen LogP contribution in [-0.4, -0.2) is 18.4 Å². The number of carbonyl (C=O) groups excluding carboxylic acids is 2. The molecule has 2 aromatic rings. The molecule has 1 heterocycles. The van der Waals surface area contributed by atoms with Gasteiger partial charge in [-0.15, -0.1) is 11.3 Å².